The number of amides is 1. The zero-order valence-corrected chi connectivity index (χ0v) is 4.60. The lowest BCUT2D eigenvalue weighted by atomic mass is 10.7. The van der Waals surface area contributed by atoms with Crippen LogP contribution in [0.5, 0.6) is 0 Å². The number of nitrogens with two attached hydrogens (primary N) is 1. The summed E-state index contributed by atoms with van der Waals surface area (Å²) in [5.74, 6) is 4.97. The van der Waals surface area contributed by atoms with Crippen molar-refractivity contribution in [1.82, 2.24) is 5.43 Å². The summed E-state index contributed by atoms with van der Waals surface area (Å²) in [4.78, 5) is 10.1. The number of rotatable bonds is 1. The third kappa shape index (κ3) is 3.17. The van der Waals surface area contributed by atoms with Crippen molar-refractivity contribution in [2.24, 2.45) is 5.84 Å². The van der Waals surface area contributed by atoms with Crippen molar-refractivity contribution in [3.63, 3.8) is 0 Å². The number of allylic oxidation sites excluding steroid dienone is 1. The smallest absolute Gasteiger partial charge is 0.415 e. The molecule has 0 unspecified atom stereocenters. The number of hydrogen-bond donors (Lipinski definition) is 2. The van der Waals surface area contributed by atoms with Crippen molar-refractivity contribution < 1.29 is 9.53 Å². The monoisotopic (exact) mass is 116 g/mol. The van der Waals surface area contributed by atoms with E-state index in [0.717, 1.165) is 0 Å². The van der Waals surface area contributed by atoms with E-state index in [2.05, 4.69) is 17.2 Å². The average molecular weight is 116 g/mol. The molecule has 0 aromatic rings. The Hall–Kier alpha value is -1.03. The average Bonchev–Trinajstić information content (AvgIpc) is 1.65. The minimum Gasteiger partial charge on any atom is -0.415 e. The lowest BCUT2D eigenvalue weighted by molar-refractivity contribution is 0.177. The van der Waals surface area contributed by atoms with E-state index in [-0.39, 0.29) is 0 Å². The summed E-state index contributed by atoms with van der Waals surface area (Å²) < 4.78 is 4.33. The molecule has 8 heavy (non-hydrogen) atoms. The van der Waals surface area contributed by atoms with Crippen molar-refractivity contribution in [1.29, 1.82) is 0 Å². The predicted molar refractivity (Wildman–Crippen MR) is 28.6 cm³/mol. The van der Waals surface area contributed by atoms with E-state index >= 15 is 0 Å². The second kappa shape index (κ2) is 3.04. The molecule has 0 bridgehead atoms. The quantitative estimate of drug-likeness (QED) is 0.221. The Morgan fingerprint density at radius 1 is 1.88 bits per heavy atom. The minimum absolute atomic E-state index is 0.313. The topological polar surface area (TPSA) is 64.3 Å². The summed E-state index contributed by atoms with van der Waals surface area (Å²) in [6.07, 6.45) is -0.697. The zero-order chi connectivity index (χ0) is 6.57. The molecule has 0 spiro atoms. The fourth-order valence-corrected chi connectivity index (χ4v) is 0.188. The van der Waals surface area contributed by atoms with Crippen molar-refractivity contribution in [3.8, 4) is 0 Å². The minimum atomic E-state index is -0.697. The molecular weight excluding hydrogens is 108 g/mol. The molecule has 3 N–H and O–H groups in total. The molecule has 0 rings (SSSR count). The first-order valence-corrected chi connectivity index (χ1v) is 2.00. The second-order valence-electron chi connectivity index (χ2n) is 1.24. The van der Waals surface area contributed by atoms with E-state index in [1.165, 1.54) is 0 Å². The first kappa shape index (κ1) is 6.97. The largest absolute Gasteiger partial charge is 0.426 e. The Bertz CT molecular complexity index is 111. The summed E-state index contributed by atoms with van der Waals surface area (Å²) in [6.45, 7) is 4.86. The van der Waals surface area contributed by atoms with Gasteiger partial charge in [0.05, 0.1) is 5.76 Å². The van der Waals surface area contributed by atoms with E-state index in [4.69, 9.17) is 0 Å². The molecule has 0 saturated carbocycles. The molecule has 0 heterocycles. The molecule has 1 amide bonds. The molecule has 0 fully saturated rings. The van der Waals surface area contributed by atoms with Crippen molar-refractivity contribution in [2.45, 2.75) is 6.92 Å². The Balaban J connectivity index is 3.40. The molecule has 46 valence electrons. The normalized spacial score (nSPS) is 7.75. The fourth-order valence-electron chi connectivity index (χ4n) is 0.188. The van der Waals surface area contributed by atoms with Gasteiger partial charge in [0.2, 0.25) is 0 Å². The van der Waals surface area contributed by atoms with Crippen LogP contribution >= 0.6 is 0 Å². The van der Waals surface area contributed by atoms with Gasteiger partial charge in [0.25, 0.3) is 0 Å². The van der Waals surface area contributed by atoms with Gasteiger partial charge in [-0.1, -0.05) is 6.58 Å². The molecule has 0 saturated heterocycles. The highest BCUT2D eigenvalue weighted by Crippen LogP contribution is 1.87. The Kier molecular flexibility index (Phi) is 2.64. The standard InChI is InChI=1S/C4H8N2O2/c1-3(2)8-4(7)6-5/h1,5H2,2H3,(H,6,7). The number of carbonyl (C=O) groups excluding carboxylic acids is 1. The van der Waals surface area contributed by atoms with Crippen LogP contribution in [0, 0.1) is 0 Å². The van der Waals surface area contributed by atoms with Crippen molar-refractivity contribution >= 4 is 6.09 Å². The maximum absolute atomic E-state index is 10.1. The lowest BCUT2D eigenvalue weighted by Gasteiger charge is -1.98. The van der Waals surface area contributed by atoms with E-state index in [1.54, 1.807) is 12.3 Å². The van der Waals surface area contributed by atoms with Gasteiger partial charge >= 0.3 is 6.09 Å². The van der Waals surface area contributed by atoms with Crippen LogP contribution in [0.3, 0.4) is 0 Å². The van der Waals surface area contributed by atoms with Crippen LogP contribution in [0.1, 0.15) is 6.92 Å². The van der Waals surface area contributed by atoms with Crippen LogP contribution < -0.4 is 11.3 Å². The Labute approximate surface area is 47.3 Å². The first-order valence-electron chi connectivity index (χ1n) is 2.00. The van der Waals surface area contributed by atoms with Gasteiger partial charge in [-0.3, -0.25) is 5.43 Å². The van der Waals surface area contributed by atoms with Crippen LogP contribution in [-0.4, -0.2) is 6.09 Å². The number of hydrogen-bond acceptors (Lipinski definition) is 3. The molecule has 0 aliphatic carbocycles. The fraction of sp³-hybridized carbons (Fsp3) is 0.250. The van der Waals surface area contributed by atoms with Crippen molar-refractivity contribution in [2.75, 3.05) is 0 Å². The van der Waals surface area contributed by atoms with Gasteiger partial charge in [0, 0.05) is 0 Å². The lowest BCUT2D eigenvalue weighted by Crippen LogP contribution is -2.30. The number of hydrazine groups is 1. The van der Waals surface area contributed by atoms with Gasteiger partial charge in [-0.25, -0.2) is 10.6 Å². The highest BCUT2D eigenvalue weighted by Gasteiger charge is 1.94. The Morgan fingerprint density at radius 2 is 2.38 bits per heavy atom. The van der Waals surface area contributed by atoms with Crippen LogP contribution in [0.4, 0.5) is 4.79 Å². The van der Waals surface area contributed by atoms with E-state index in [9.17, 15) is 4.79 Å². The maximum atomic E-state index is 10.1. The highest BCUT2D eigenvalue weighted by atomic mass is 16.6. The third-order valence-corrected chi connectivity index (χ3v) is 0.385. The molecule has 0 aliphatic heterocycles. The molecule has 0 atom stereocenters. The Morgan fingerprint density at radius 3 is 2.50 bits per heavy atom. The molecule has 0 aliphatic rings. The van der Waals surface area contributed by atoms with E-state index in [1.807, 2.05) is 0 Å². The second-order valence-corrected chi connectivity index (χ2v) is 1.24. The van der Waals surface area contributed by atoms with Crippen LogP contribution in [0.25, 0.3) is 0 Å². The first-order chi connectivity index (χ1) is 3.66. The van der Waals surface area contributed by atoms with E-state index < -0.39 is 6.09 Å². The highest BCUT2D eigenvalue weighted by molar-refractivity contribution is 5.67. The van der Waals surface area contributed by atoms with Gasteiger partial charge in [-0.15, -0.1) is 0 Å². The summed E-state index contributed by atoms with van der Waals surface area (Å²) >= 11 is 0. The summed E-state index contributed by atoms with van der Waals surface area (Å²) in [5.41, 5.74) is 1.77. The van der Waals surface area contributed by atoms with Gasteiger partial charge in [0.15, 0.2) is 0 Å². The predicted octanol–water partition coefficient (Wildman–Crippen LogP) is 0.120. The molecular formula is C4H8N2O2. The number of nitrogens with one attached hydrogen (secondary N) is 1. The van der Waals surface area contributed by atoms with Crippen LogP contribution in [0.2, 0.25) is 0 Å². The molecule has 0 aromatic carbocycles. The molecule has 0 aromatic heterocycles. The van der Waals surface area contributed by atoms with Gasteiger partial charge < -0.3 is 4.74 Å². The summed E-state index contributed by atoms with van der Waals surface area (Å²) in [6, 6.07) is 0. The molecule has 4 heteroatoms. The van der Waals surface area contributed by atoms with Crippen LogP contribution in [0.15, 0.2) is 12.3 Å². The molecule has 4 nitrogen and oxygen atoms in total. The summed E-state index contributed by atoms with van der Waals surface area (Å²) in [7, 11) is 0. The third-order valence-electron chi connectivity index (χ3n) is 0.385. The van der Waals surface area contributed by atoms with Crippen molar-refractivity contribution in [3.05, 3.63) is 12.3 Å². The SMILES string of the molecule is C=C(C)OC(=O)NN. The van der Waals surface area contributed by atoms with E-state index in [0.29, 0.717) is 5.76 Å². The summed E-state index contributed by atoms with van der Waals surface area (Å²) in [5, 5.41) is 0. The van der Waals surface area contributed by atoms with Crippen LogP contribution in [-0.2, 0) is 4.74 Å². The van der Waals surface area contributed by atoms with Gasteiger partial charge in [0.1, 0.15) is 0 Å². The molecule has 0 radical (unpaired) electrons. The number of carbonyl (C=O) groups is 1. The van der Waals surface area contributed by atoms with Gasteiger partial charge in [-0.2, -0.15) is 0 Å². The van der Waals surface area contributed by atoms with Gasteiger partial charge in [-0.05, 0) is 6.92 Å². The maximum Gasteiger partial charge on any atom is 0.426 e. The zero-order valence-electron chi connectivity index (χ0n) is 4.60. The number of ether oxygens (including phenoxy) is 1.